The fourth-order valence-corrected chi connectivity index (χ4v) is 3.41. The molecule has 3 rings (SSSR count). The second kappa shape index (κ2) is 9.80. The molecule has 28 heavy (non-hydrogen) atoms. The maximum absolute atomic E-state index is 12.1. The molecule has 0 saturated heterocycles. The summed E-state index contributed by atoms with van der Waals surface area (Å²) >= 11 is 1.46. The number of thiophene rings is 1. The van der Waals surface area contributed by atoms with Gasteiger partial charge in [0.2, 0.25) is 5.91 Å². The Bertz CT molecular complexity index is 920. The molecule has 144 valence electrons. The van der Waals surface area contributed by atoms with E-state index in [2.05, 4.69) is 10.3 Å². The van der Waals surface area contributed by atoms with Gasteiger partial charge >= 0.3 is 0 Å². The zero-order valence-corrected chi connectivity index (χ0v) is 16.5. The summed E-state index contributed by atoms with van der Waals surface area (Å²) in [4.78, 5) is 29.9. The number of Topliss-reactive ketones (excluding diaryl/α,β-unsaturated/α-hetero) is 1. The van der Waals surface area contributed by atoms with Crippen LogP contribution in [0, 0.1) is 6.92 Å². The summed E-state index contributed by atoms with van der Waals surface area (Å²) in [6.45, 7) is 2.85. The van der Waals surface area contributed by atoms with Gasteiger partial charge in [-0.15, -0.1) is 11.3 Å². The molecule has 0 radical (unpaired) electrons. The predicted molar refractivity (Wildman–Crippen MR) is 109 cm³/mol. The SMILES string of the molecule is Cc1ccc(C(=O)CCC(=O)NCc2ccc(OCc3cccnc3)cc2)s1. The highest BCUT2D eigenvalue weighted by atomic mass is 32.1. The van der Waals surface area contributed by atoms with Crippen LogP contribution in [-0.4, -0.2) is 16.7 Å². The van der Waals surface area contributed by atoms with Crippen LogP contribution in [0.25, 0.3) is 0 Å². The van der Waals surface area contributed by atoms with E-state index >= 15 is 0 Å². The summed E-state index contributed by atoms with van der Waals surface area (Å²) < 4.78 is 5.72. The molecule has 0 bridgehead atoms. The second-order valence-electron chi connectivity index (χ2n) is 6.40. The molecule has 0 aliphatic carbocycles. The molecule has 1 aromatic carbocycles. The molecule has 0 atom stereocenters. The Balaban J connectivity index is 1.39. The average molecular weight is 394 g/mol. The summed E-state index contributed by atoms with van der Waals surface area (Å²) in [5.74, 6) is 0.651. The topological polar surface area (TPSA) is 68.3 Å². The van der Waals surface area contributed by atoms with Crippen LogP contribution in [0.4, 0.5) is 0 Å². The lowest BCUT2D eigenvalue weighted by Gasteiger charge is -2.08. The van der Waals surface area contributed by atoms with Crippen LogP contribution in [0.1, 0.15) is 38.5 Å². The fourth-order valence-electron chi connectivity index (χ4n) is 2.58. The quantitative estimate of drug-likeness (QED) is 0.549. The molecule has 5 nitrogen and oxygen atoms in total. The maximum atomic E-state index is 12.1. The van der Waals surface area contributed by atoms with Crippen molar-refractivity contribution in [1.29, 1.82) is 0 Å². The molecular formula is C22H22N2O3S. The number of nitrogens with one attached hydrogen (secondary N) is 1. The van der Waals surface area contributed by atoms with Crippen molar-refractivity contribution < 1.29 is 14.3 Å². The third-order valence-electron chi connectivity index (χ3n) is 4.14. The van der Waals surface area contributed by atoms with Gasteiger partial charge in [-0.25, -0.2) is 0 Å². The maximum Gasteiger partial charge on any atom is 0.220 e. The van der Waals surface area contributed by atoms with Crippen LogP contribution in [0.5, 0.6) is 5.75 Å². The van der Waals surface area contributed by atoms with Crippen LogP contribution in [0.3, 0.4) is 0 Å². The number of ether oxygens (including phenoxy) is 1. The molecule has 0 saturated carbocycles. The number of nitrogens with zero attached hydrogens (tertiary/aromatic N) is 1. The first kappa shape index (κ1) is 19.8. The van der Waals surface area contributed by atoms with Crippen molar-refractivity contribution in [3.05, 3.63) is 81.8 Å². The van der Waals surface area contributed by atoms with Crippen molar-refractivity contribution in [2.24, 2.45) is 0 Å². The summed E-state index contributed by atoms with van der Waals surface area (Å²) in [7, 11) is 0. The normalized spacial score (nSPS) is 10.5. The molecule has 0 fully saturated rings. The van der Waals surface area contributed by atoms with Gasteiger partial charge in [0.15, 0.2) is 5.78 Å². The summed E-state index contributed by atoms with van der Waals surface area (Å²) in [6, 6.07) is 15.2. The van der Waals surface area contributed by atoms with Gasteiger partial charge < -0.3 is 10.1 Å². The molecule has 1 amide bonds. The van der Waals surface area contributed by atoms with Crippen molar-refractivity contribution in [3.8, 4) is 5.75 Å². The van der Waals surface area contributed by atoms with Crippen molar-refractivity contribution >= 4 is 23.0 Å². The van der Waals surface area contributed by atoms with Gasteiger partial charge in [0.25, 0.3) is 0 Å². The molecular weight excluding hydrogens is 372 g/mol. The number of rotatable bonds is 9. The minimum Gasteiger partial charge on any atom is -0.489 e. The van der Waals surface area contributed by atoms with E-state index in [9.17, 15) is 9.59 Å². The minimum absolute atomic E-state index is 0.0170. The number of benzene rings is 1. The number of ketones is 1. The van der Waals surface area contributed by atoms with E-state index in [0.29, 0.717) is 18.0 Å². The summed E-state index contributed by atoms with van der Waals surface area (Å²) in [5.41, 5.74) is 1.98. The van der Waals surface area contributed by atoms with Crippen molar-refractivity contribution in [2.75, 3.05) is 0 Å². The minimum atomic E-state index is -0.126. The molecule has 0 aliphatic rings. The Labute approximate surface area is 168 Å². The Morgan fingerprint density at radius 1 is 1.04 bits per heavy atom. The molecule has 2 heterocycles. The highest BCUT2D eigenvalue weighted by molar-refractivity contribution is 7.14. The first-order valence-corrected chi connectivity index (χ1v) is 9.89. The standard InChI is InChI=1S/C22H22N2O3S/c1-16-4-10-21(28-16)20(25)9-11-22(26)24-14-17-5-7-19(8-6-17)27-15-18-3-2-12-23-13-18/h2-8,10,12-13H,9,11,14-15H2,1H3,(H,24,26). The highest BCUT2D eigenvalue weighted by Gasteiger charge is 2.11. The summed E-state index contributed by atoms with van der Waals surface area (Å²) in [6.07, 6.45) is 3.93. The van der Waals surface area contributed by atoms with E-state index in [4.69, 9.17) is 4.74 Å². The third-order valence-corrected chi connectivity index (χ3v) is 5.18. The Morgan fingerprint density at radius 3 is 2.54 bits per heavy atom. The molecule has 3 aromatic rings. The fraction of sp³-hybridized carbons (Fsp3) is 0.227. The number of aromatic nitrogens is 1. The monoisotopic (exact) mass is 394 g/mol. The van der Waals surface area contributed by atoms with Crippen LogP contribution in [-0.2, 0) is 17.9 Å². The first-order chi connectivity index (χ1) is 13.6. The lowest BCUT2D eigenvalue weighted by atomic mass is 10.1. The van der Waals surface area contributed by atoms with E-state index in [1.807, 2.05) is 55.5 Å². The van der Waals surface area contributed by atoms with Gasteiger partial charge in [0, 0.05) is 42.2 Å². The molecule has 0 aliphatic heterocycles. The Hall–Kier alpha value is -2.99. The number of amides is 1. The lowest BCUT2D eigenvalue weighted by molar-refractivity contribution is -0.121. The second-order valence-corrected chi connectivity index (χ2v) is 7.69. The van der Waals surface area contributed by atoms with Gasteiger partial charge in [0.1, 0.15) is 12.4 Å². The highest BCUT2D eigenvalue weighted by Crippen LogP contribution is 2.17. The van der Waals surface area contributed by atoms with Crippen LogP contribution < -0.4 is 10.1 Å². The van der Waals surface area contributed by atoms with Crippen molar-refractivity contribution in [3.63, 3.8) is 0 Å². The van der Waals surface area contributed by atoms with E-state index < -0.39 is 0 Å². The van der Waals surface area contributed by atoms with Gasteiger partial charge in [-0.05, 0) is 42.8 Å². The Morgan fingerprint density at radius 2 is 1.86 bits per heavy atom. The first-order valence-electron chi connectivity index (χ1n) is 9.07. The zero-order chi connectivity index (χ0) is 19.8. The van der Waals surface area contributed by atoms with Gasteiger partial charge in [0.05, 0.1) is 4.88 Å². The molecule has 6 heteroatoms. The smallest absolute Gasteiger partial charge is 0.220 e. The van der Waals surface area contributed by atoms with E-state index in [1.165, 1.54) is 11.3 Å². The van der Waals surface area contributed by atoms with Gasteiger partial charge in [-0.1, -0.05) is 18.2 Å². The van der Waals surface area contributed by atoms with E-state index in [0.717, 1.165) is 21.8 Å². The molecule has 1 N–H and O–H groups in total. The van der Waals surface area contributed by atoms with Gasteiger partial charge in [-0.2, -0.15) is 0 Å². The number of aryl methyl sites for hydroxylation is 1. The van der Waals surface area contributed by atoms with E-state index in [-0.39, 0.29) is 24.5 Å². The molecule has 2 aromatic heterocycles. The molecule has 0 unspecified atom stereocenters. The predicted octanol–water partition coefficient (Wildman–Crippen LogP) is 4.31. The number of pyridine rings is 1. The Kier molecular flexibility index (Phi) is 6.92. The number of carbonyl (C=O) groups is 2. The van der Waals surface area contributed by atoms with Crippen molar-refractivity contribution in [1.82, 2.24) is 10.3 Å². The summed E-state index contributed by atoms with van der Waals surface area (Å²) in [5, 5.41) is 2.85. The third kappa shape index (κ3) is 6.03. The number of hydrogen-bond donors (Lipinski definition) is 1. The van der Waals surface area contributed by atoms with Crippen molar-refractivity contribution in [2.45, 2.75) is 32.9 Å². The van der Waals surface area contributed by atoms with E-state index in [1.54, 1.807) is 12.4 Å². The zero-order valence-electron chi connectivity index (χ0n) is 15.7. The molecule has 0 spiro atoms. The average Bonchev–Trinajstić information content (AvgIpc) is 3.17. The largest absolute Gasteiger partial charge is 0.489 e. The van der Waals surface area contributed by atoms with Gasteiger partial charge in [-0.3, -0.25) is 14.6 Å². The van der Waals surface area contributed by atoms with Crippen LogP contribution in [0.2, 0.25) is 0 Å². The van der Waals surface area contributed by atoms with Crippen LogP contribution >= 0.6 is 11.3 Å². The number of carbonyl (C=O) groups excluding carboxylic acids is 2. The van der Waals surface area contributed by atoms with Crippen LogP contribution in [0.15, 0.2) is 60.9 Å². The number of hydrogen-bond acceptors (Lipinski definition) is 5. The lowest BCUT2D eigenvalue weighted by Crippen LogP contribution is -2.23.